The Morgan fingerprint density at radius 1 is 1.00 bits per heavy atom. The van der Waals surface area contributed by atoms with E-state index in [1.807, 2.05) is 62.1 Å². The van der Waals surface area contributed by atoms with Gasteiger partial charge in [-0.2, -0.15) is 0 Å². The van der Waals surface area contributed by atoms with Crippen LogP contribution in [0.4, 0.5) is 5.69 Å². The zero-order chi connectivity index (χ0) is 19.0. The maximum Gasteiger partial charge on any atom is 0.292 e. The van der Waals surface area contributed by atoms with Crippen LogP contribution in [0.2, 0.25) is 0 Å². The lowest BCUT2D eigenvalue weighted by atomic mass is 9.98. The van der Waals surface area contributed by atoms with Crippen LogP contribution >= 0.6 is 0 Å². The van der Waals surface area contributed by atoms with Crippen molar-refractivity contribution >= 4 is 11.6 Å². The number of ether oxygens (including phenoxy) is 3. The molecule has 5 nitrogen and oxygen atoms in total. The van der Waals surface area contributed by atoms with Gasteiger partial charge in [-0.3, -0.25) is 4.79 Å². The molecule has 142 valence electrons. The van der Waals surface area contributed by atoms with Gasteiger partial charge in [0.05, 0.1) is 25.5 Å². The molecular weight excluding hydrogens is 342 g/mol. The number of amides is 1. The summed E-state index contributed by atoms with van der Waals surface area (Å²) in [6.07, 6.45) is 0.725. The van der Waals surface area contributed by atoms with Gasteiger partial charge in [0, 0.05) is 12.1 Å². The van der Waals surface area contributed by atoms with Gasteiger partial charge in [-0.1, -0.05) is 30.3 Å². The Balaban J connectivity index is 1.53. The third kappa shape index (κ3) is 2.91. The van der Waals surface area contributed by atoms with Gasteiger partial charge in [0.1, 0.15) is 5.75 Å². The van der Waals surface area contributed by atoms with E-state index in [0.29, 0.717) is 26.4 Å². The van der Waals surface area contributed by atoms with Crippen LogP contribution in [0.25, 0.3) is 0 Å². The average Bonchev–Trinajstić information content (AvgIpc) is 3.24. The summed E-state index contributed by atoms with van der Waals surface area (Å²) in [5.74, 6) is -0.498. The fourth-order valence-corrected chi connectivity index (χ4v) is 3.96. The van der Waals surface area contributed by atoms with Gasteiger partial charge in [0.15, 0.2) is 0 Å². The zero-order valence-corrected chi connectivity index (χ0v) is 16.1. The van der Waals surface area contributed by atoms with Crippen LogP contribution < -0.4 is 9.64 Å². The normalized spacial score (nSPS) is 17.6. The Kier molecular flexibility index (Phi) is 4.66. The Morgan fingerprint density at radius 3 is 2.44 bits per heavy atom. The number of anilines is 1. The van der Waals surface area contributed by atoms with E-state index in [2.05, 4.69) is 0 Å². The number of fused-ring (bicyclic) bond motifs is 2. The maximum atomic E-state index is 13.2. The summed E-state index contributed by atoms with van der Waals surface area (Å²) < 4.78 is 17.6. The maximum absolute atomic E-state index is 13.2. The summed E-state index contributed by atoms with van der Waals surface area (Å²) in [5, 5.41) is 0. The monoisotopic (exact) mass is 367 g/mol. The molecule has 2 aromatic carbocycles. The largest absolute Gasteiger partial charge is 0.493 e. The third-order valence-corrected chi connectivity index (χ3v) is 5.28. The van der Waals surface area contributed by atoms with Crippen molar-refractivity contribution in [1.82, 2.24) is 0 Å². The molecule has 1 spiro atoms. The number of nitrogens with zero attached hydrogens (tertiary/aromatic N) is 1. The van der Waals surface area contributed by atoms with Gasteiger partial charge >= 0.3 is 0 Å². The molecule has 1 amide bonds. The highest BCUT2D eigenvalue weighted by Crippen LogP contribution is 2.48. The number of carbonyl (C=O) groups excluding carboxylic acids is 1. The Labute approximate surface area is 159 Å². The molecule has 4 rings (SSSR count). The highest BCUT2D eigenvalue weighted by Gasteiger charge is 2.57. The number of para-hydroxylation sites is 1. The number of aryl methyl sites for hydroxylation is 3. The van der Waals surface area contributed by atoms with E-state index in [1.165, 1.54) is 0 Å². The standard InChI is InChI=1S/C22H25NO4/c1-15-7-4-5-8-18(15)25-12-6-11-23-20-17(3)10-9-16(2)19(20)22(21(23)24)26-13-14-27-22/h4-5,7-10H,6,11-14H2,1-3H3. The van der Waals surface area contributed by atoms with Crippen molar-refractivity contribution < 1.29 is 19.0 Å². The molecule has 1 fully saturated rings. The first-order valence-corrected chi connectivity index (χ1v) is 9.43. The second-order valence-corrected chi connectivity index (χ2v) is 7.16. The lowest BCUT2D eigenvalue weighted by Crippen LogP contribution is -2.42. The van der Waals surface area contributed by atoms with E-state index in [9.17, 15) is 4.79 Å². The topological polar surface area (TPSA) is 48.0 Å². The molecule has 0 aliphatic carbocycles. The minimum absolute atomic E-state index is 0.122. The highest BCUT2D eigenvalue weighted by molar-refractivity contribution is 6.07. The Morgan fingerprint density at radius 2 is 1.70 bits per heavy atom. The third-order valence-electron chi connectivity index (χ3n) is 5.28. The van der Waals surface area contributed by atoms with Crippen molar-refractivity contribution in [3.05, 3.63) is 58.7 Å². The Bertz CT molecular complexity index is 871. The molecule has 27 heavy (non-hydrogen) atoms. The molecule has 0 saturated carbocycles. The van der Waals surface area contributed by atoms with Crippen LogP contribution in [0.3, 0.4) is 0 Å². The van der Waals surface area contributed by atoms with E-state index in [1.54, 1.807) is 0 Å². The molecule has 2 aromatic rings. The minimum Gasteiger partial charge on any atom is -0.493 e. The predicted octanol–water partition coefficient (Wildman–Crippen LogP) is 3.63. The summed E-state index contributed by atoms with van der Waals surface area (Å²) in [7, 11) is 0. The molecule has 5 heteroatoms. The van der Waals surface area contributed by atoms with Crippen molar-refractivity contribution in [2.75, 3.05) is 31.3 Å². The predicted molar refractivity (Wildman–Crippen MR) is 103 cm³/mol. The van der Waals surface area contributed by atoms with Crippen molar-refractivity contribution in [3.8, 4) is 5.75 Å². The molecule has 0 atom stereocenters. The van der Waals surface area contributed by atoms with Gasteiger partial charge in [-0.05, 0) is 49.9 Å². The van der Waals surface area contributed by atoms with Crippen molar-refractivity contribution in [2.24, 2.45) is 0 Å². The SMILES string of the molecule is Cc1ccccc1OCCCN1C(=O)C2(OCCO2)c2c(C)ccc(C)c21. The smallest absolute Gasteiger partial charge is 0.292 e. The average molecular weight is 367 g/mol. The second-order valence-electron chi connectivity index (χ2n) is 7.16. The minimum atomic E-state index is -1.26. The molecule has 0 N–H and O–H groups in total. The van der Waals surface area contributed by atoms with Crippen LogP contribution in [0.5, 0.6) is 5.75 Å². The fraction of sp³-hybridized carbons (Fsp3) is 0.409. The van der Waals surface area contributed by atoms with Crippen LogP contribution in [-0.2, 0) is 20.1 Å². The van der Waals surface area contributed by atoms with Gasteiger partial charge < -0.3 is 19.1 Å². The molecule has 2 aliphatic rings. The van der Waals surface area contributed by atoms with Crippen LogP contribution in [0.1, 0.15) is 28.7 Å². The first-order valence-electron chi connectivity index (χ1n) is 9.43. The first kappa shape index (κ1) is 18.0. The highest BCUT2D eigenvalue weighted by atomic mass is 16.7. The molecular formula is C22H25NO4. The summed E-state index contributed by atoms with van der Waals surface area (Å²) in [4.78, 5) is 15.1. The van der Waals surface area contributed by atoms with Gasteiger partial charge in [-0.25, -0.2) is 0 Å². The summed E-state index contributed by atoms with van der Waals surface area (Å²) in [6, 6.07) is 12.0. The molecule has 0 bridgehead atoms. The summed E-state index contributed by atoms with van der Waals surface area (Å²) >= 11 is 0. The second kappa shape index (κ2) is 6.98. The van der Waals surface area contributed by atoms with Crippen molar-refractivity contribution in [1.29, 1.82) is 0 Å². The number of benzene rings is 2. The summed E-state index contributed by atoms with van der Waals surface area (Å²) in [6.45, 7) is 8.03. The lowest BCUT2D eigenvalue weighted by molar-refractivity contribution is -0.180. The van der Waals surface area contributed by atoms with Crippen molar-refractivity contribution in [2.45, 2.75) is 33.0 Å². The quantitative estimate of drug-likeness (QED) is 0.757. The number of hydrogen-bond donors (Lipinski definition) is 0. The van der Waals surface area contributed by atoms with Gasteiger partial charge in [0.2, 0.25) is 0 Å². The lowest BCUT2D eigenvalue weighted by Gasteiger charge is -2.22. The molecule has 2 aliphatic heterocycles. The molecule has 0 aromatic heterocycles. The van der Waals surface area contributed by atoms with Crippen molar-refractivity contribution in [3.63, 3.8) is 0 Å². The first-order chi connectivity index (χ1) is 13.0. The summed E-state index contributed by atoms with van der Waals surface area (Å²) in [5.41, 5.74) is 4.98. The van der Waals surface area contributed by atoms with E-state index < -0.39 is 5.79 Å². The van der Waals surface area contributed by atoms with Crippen LogP contribution in [0, 0.1) is 20.8 Å². The Hall–Kier alpha value is -2.37. The van der Waals surface area contributed by atoms with E-state index in [4.69, 9.17) is 14.2 Å². The molecule has 2 heterocycles. The number of hydrogen-bond acceptors (Lipinski definition) is 4. The van der Waals surface area contributed by atoms with Crippen LogP contribution in [0.15, 0.2) is 36.4 Å². The number of rotatable bonds is 5. The fourth-order valence-electron chi connectivity index (χ4n) is 3.96. The van der Waals surface area contributed by atoms with Crippen LogP contribution in [-0.4, -0.2) is 32.3 Å². The molecule has 0 unspecified atom stereocenters. The van der Waals surface area contributed by atoms with Gasteiger partial charge in [0.25, 0.3) is 11.7 Å². The number of carbonyl (C=O) groups is 1. The van der Waals surface area contributed by atoms with Gasteiger partial charge in [-0.15, -0.1) is 0 Å². The van der Waals surface area contributed by atoms with E-state index >= 15 is 0 Å². The molecule has 1 saturated heterocycles. The van der Waals surface area contributed by atoms with E-state index in [0.717, 1.165) is 40.1 Å². The molecule has 0 radical (unpaired) electrons. The zero-order valence-electron chi connectivity index (χ0n) is 16.1. The van der Waals surface area contributed by atoms with E-state index in [-0.39, 0.29) is 5.91 Å².